The predicted molar refractivity (Wildman–Crippen MR) is 114 cm³/mol. The van der Waals surface area contributed by atoms with Crippen molar-refractivity contribution in [1.82, 2.24) is 4.57 Å². The lowest BCUT2D eigenvalue weighted by Crippen LogP contribution is -2.15. The summed E-state index contributed by atoms with van der Waals surface area (Å²) in [6, 6.07) is 21.7. The van der Waals surface area contributed by atoms with E-state index in [1.165, 1.54) is 12.1 Å². The normalized spacial score (nSPS) is 12.8. The smallest absolute Gasteiger partial charge is 0.343 e. The van der Waals surface area contributed by atoms with Gasteiger partial charge in [0.2, 0.25) is 6.54 Å². The van der Waals surface area contributed by atoms with Gasteiger partial charge in [-0.15, -0.1) is 0 Å². The van der Waals surface area contributed by atoms with E-state index in [0.717, 1.165) is 39.9 Å². The lowest BCUT2D eigenvalue weighted by molar-refractivity contribution is -0.481. The number of aromatic nitrogens is 1. The molecular weight excluding hydrogens is 405 g/mol. The molecule has 0 saturated heterocycles. The van der Waals surface area contributed by atoms with Crippen LogP contribution in [0.2, 0.25) is 0 Å². The first-order valence-electron chi connectivity index (χ1n) is 9.69. The molecule has 0 aliphatic carbocycles. The number of rotatable bonds is 5. The highest BCUT2D eigenvalue weighted by molar-refractivity contribution is 5.93. The maximum atomic E-state index is 13.0. The second-order valence-corrected chi connectivity index (χ2v) is 7.39. The van der Waals surface area contributed by atoms with E-state index in [4.69, 9.17) is 0 Å². The SMILES string of the molecule is Cn1c(-c2ccccc2)c(C(C[N+](=O)[O-])c2ccc(C(F)(F)F)cc2)c2ccccc21. The van der Waals surface area contributed by atoms with Crippen LogP contribution in [-0.4, -0.2) is 16.0 Å². The summed E-state index contributed by atoms with van der Waals surface area (Å²) in [5.74, 6) is -0.710. The van der Waals surface area contributed by atoms with Gasteiger partial charge in [-0.3, -0.25) is 10.1 Å². The van der Waals surface area contributed by atoms with Crippen molar-refractivity contribution in [2.45, 2.75) is 12.1 Å². The van der Waals surface area contributed by atoms with Crippen LogP contribution in [0.4, 0.5) is 13.2 Å². The van der Waals surface area contributed by atoms with E-state index in [9.17, 15) is 23.3 Å². The first-order chi connectivity index (χ1) is 14.8. The van der Waals surface area contributed by atoms with Crippen LogP contribution in [-0.2, 0) is 13.2 Å². The fourth-order valence-electron chi connectivity index (χ4n) is 4.14. The highest BCUT2D eigenvalue weighted by Gasteiger charge is 2.32. The van der Waals surface area contributed by atoms with Crippen molar-refractivity contribution in [2.24, 2.45) is 7.05 Å². The largest absolute Gasteiger partial charge is 0.416 e. The minimum Gasteiger partial charge on any atom is -0.343 e. The Hall–Kier alpha value is -3.61. The van der Waals surface area contributed by atoms with Crippen LogP contribution in [0, 0.1) is 10.1 Å². The molecule has 0 aliphatic heterocycles. The second kappa shape index (κ2) is 7.91. The Kier molecular flexibility index (Phi) is 5.27. The maximum Gasteiger partial charge on any atom is 0.416 e. The fraction of sp³-hybridized carbons (Fsp3) is 0.167. The van der Waals surface area contributed by atoms with Crippen LogP contribution in [0.15, 0.2) is 78.9 Å². The molecule has 0 spiro atoms. The van der Waals surface area contributed by atoms with Gasteiger partial charge in [-0.1, -0.05) is 60.7 Å². The van der Waals surface area contributed by atoms with Crippen molar-refractivity contribution < 1.29 is 18.1 Å². The molecule has 1 aromatic heterocycles. The molecule has 0 amide bonds. The molecule has 4 aromatic rings. The van der Waals surface area contributed by atoms with E-state index in [1.54, 1.807) is 0 Å². The number of para-hydroxylation sites is 1. The number of alkyl halides is 3. The summed E-state index contributed by atoms with van der Waals surface area (Å²) in [5, 5.41) is 12.4. The van der Waals surface area contributed by atoms with E-state index in [-0.39, 0.29) is 0 Å². The molecule has 0 N–H and O–H groups in total. The van der Waals surface area contributed by atoms with Gasteiger partial charge in [-0.25, -0.2) is 0 Å². The summed E-state index contributed by atoms with van der Waals surface area (Å²) in [6.45, 7) is -0.431. The molecule has 1 atom stereocenters. The fourth-order valence-corrected chi connectivity index (χ4v) is 4.14. The number of hydrogen-bond acceptors (Lipinski definition) is 2. The Morgan fingerprint density at radius 1 is 0.935 bits per heavy atom. The molecule has 31 heavy (non-hydrogen) atoms. The molecule has 0 saturated carbocycles. The molecular formula is C24H19F3N2O2. The molecule has 3 aromatic carbocycles. The Morgan fingerprint density at radius 2 is 1.55 bits per heavy atom. The molecule has 7 heteroatoms. The van der Waals surface area contributed by atoms with E-state index in [2.05, 4.69) is 0 Å². The number of aryl methyl sites for hydroxylation is 1. The van der Waals surface area contributed by atoms with Crippen molar-refractivity contribution in [3.8, 4) is 11.3 Å². The van der Waals surface area contributed by atoms with E-state index in [1.807, 2.05) is 66.2 Å². The monoisotopic (exact) mass is 424 g/mol. The summed E-state index contributed by atoms with van der Waals surface area (Å²) < 4.78 is 41.1. The van der Waals surface area contributed by atoms with Gasteiger partial charge in [-0.2, -0.15) is 13.2 Å². The van der Waals surface area contributed by atoms with E-state index >= 15 is 0 Å². The minimum atomic E-state index is -4.47. The molecule has 4 rings (SSSR count). The molecule has 0 fully saturated rings. The molecule has 4 nitrogen and oxygen atoms in total. The van der Waals surface area contributed by atoms with Gasteiger partial charge in [-0.05, 0) is 34.9 Å². The van der Waals surface area contributed by atoms with Crippen LogP contribution < -0.4 is 0 Å². The number of benzene rings is 3. The third kappa shape index (κ3) is 3.91. The number of hydrogen-bond donors (Lipinski definition) is 0. The zero-order chi connectivity index (χ0) is 22.2. The highest BCUT2D eigenvalue weighted by atomic mass is 19.4. The van der Waals surface area contributed by atoms with Crippen LogP contribution >= 0.6 is 0 Å². The van der Waals surface area contributed by atoms with Crippen LogP contribution in [0.1, 0.15) is 22.6 Å². The summed E-state index contributed by atoms with van der Waals surface area (Å²) >= 11 is 0. The Bertz CT molecular complexity index is 1230. The van der Waals surface area contributed by atoms with Crippen molar-refractivity contribution in [2.75, 3.05) is 6.54 Å². The molecule has 0 radical (unpaired) electrons. The number of halogens is 3. The summed E-state index contributed by atoms with van der Waals surface area (Å²) in [4.78, 5) is 11.2. The molecule has 0 aliphatic rings. The molecule has 158 valence electrons. The lowest BCUT2D eigenvalue weighted by Gasteiger charge is -2.17. The van der Waals surface area contributed by atoms with Gasteiger partial charge in [0.15, 0.2) is 0 Å². The van der Waals surface area contributed by atoms with Gasteiger partial charge in [0.05, 0.1) is 17.2 Å². The van der Waals surface area contributed by atoms with Gasteiger partial charge in [0.1, 0.15) is 0 Å². The number of fused-ring (bicyclic) bond motifs is 1. The predicted octanol–water partition coefficient (Wildman–Crippen LogP) is 6.27. The number of nitro groups is 1. The van der Waals surface area contributed by atoms with E-state index < -0.39 is 29.1 Å². The zero-order valence-electron chi connectivity index (χ0n) is 16.6. The maximum absolute atomic E-state index is 13.0. The van der Waals surface area contributed by atoms with Crippen LogP contribution in [0.5, 0.6) is 0 Å². The van der Waals surface area contributed by atoms with Crippen molar-refractivity contribution in [3.05, 3.63) is 106 Å². The molecule has 1 heterocycles. The van der Waals surface area contributed by atoms with Crippen molar-refractivity contribution in [1.29, 1.82) is 0 Å². The Morgan fingerprint density at radius 3 is 2.16 bits per heavy atom. The standard InChI is InChI=1S/C24H19F3N2O2/c1-28-21-10-6-5-9-19(21)22(23(28)17-7-3-2-4-8-17)20(15-29(30)31)16-11-13-18(14-12-16)24(25,26)27/h2-14,20H,15H2,1H3. The highest BCUT2D eigenvalue weighted by Crippen LogP contribution is 2.41. The van der Waals surface area contributed by atoms with E-state index in [0.29, 0.717) is 5.56 Å². The minimum absolute atomic E-state index is 0.418. The van der Waals surface area contributed by atoms with Crippen LogP contribution in [0.25, 0.3) is 22.2 Å². The first-order valence-corrected chi connectivity index (χ1v) is 9.69. The Labute approximate surface area is 176 Å². The number of nitrogens with zero attached hydrogens (tertiary/aromatic N) is 2. The first kappa shape index (κ1) is 20.7. The third-order valence-corrected chi connectivity index (χ3v) is 5.51. The molecule has 0 bridgehead atoms. The van der Waals surface area contributed by atoms with Gasteiger partial charge >= 0.3 is 6.18 Å². The van der Waals surface area contributed by atoms with Gasteiger partial charge in [0.25, 0.3) is 0 Å². The summed E-state index contributed by atoms with van der Waals surface area (Å²) in [6.07, 6.45) is -4.47. The van der Waals surface area contributed by atoms with Crippen molar-refractivity contribution >= 4 is 10.9 Å². The van der Waals surface area contributed by atoms with Gasteiger partial charge < -0.3 is 4.57 Å². The van der Waals surface area contributed by atoms with Crippen LogP contribution in [0.3, 0.4) is 0 Å². The van der Waals surface area contributed by atoms with Crippen molar-refractivity contribution in [3.63, 3.8) is 0 Å². The van der Waals surface area contributed by atoms with Gasteiger partial charge in [0, 0.05) is 22.9 Å². The summed E-state index contributed by atoms with van der Waals surface area (Å²) in [5.41, 5.74) is 3.03. The zero-order valence-corrected chi connectivity index (χ0v) is 16.6. The lowest BCUT2D eigenvalue weighted by atomic mass is 9.87. The average molecular weight is 424 g/mol. The molecule has 1 unspecified atom stereocenters. The average Bonchev–Trinajstić information content (AvgIpc) is 3.04. The topological polar surface area (TPSA) is 48.1 Å². The quantitative estimate of drug-likeness (QED) is 0.280. The second-order valence-electron chi connectivity index (χ2n) is 7.39. The third-order valence-electron chi connectivity index (χ3n) is 5.51. The Balaban J connectivity index is 1.98. The summed E-state index contributed by atoms with van der Waals surface area (Å²) in [7, 11) is 1.89.